The van der Waals surface area contributed by atoms with Gasteiger partial charge in [-0.05, 0) is 38.2 Å². The minimum atomic E-state index is 0.220. The van der Waals surface area contributed by atoms with E-state index in [1.807, 2.05) is 6.08 Å². The zero-order valence-electron chi connectivity index (χ0n) is 8.81. The minimum absolute atomic E-state index is 0.220. The van der Waals surface area contributed by atoms with Gasteiger partial charge in [0.15, 0.2) is 5.78 Å². The first kappa shape index (κ1) is 12.2. The summed E-state index contributed by atoms with van der Waals surface area (Å²) in [6, 6.07) is 0. The monoisotopic (exact) mass is 180 g/mol. The van der Waals surface area contributed by atoms with Gasteiger partial charge in [-0.15, -0.1) is 6.58 Å². The summed E-state index contributed by atoms with van der Waals surface area (Å²) in [5.41, 5.74) is 0.990. The maximum absolute atomic E-state index is 11.1. The van der Waals surface area contributed by atoms with Crippen LogP contribution >= 0.6 is 0 Å². The Morgan fingerprint density at radius 1 is 1.38 bits per heavy atom. The maximum atomic E-state index is 11.1. The lowest BCUT2D eigenvalue weighted by molar-refractivity contribution is -0.113. The van der Waals surface area contributed by atoms with E-state index in [0.29, 0.717) is 0 Å². The van der Waals surface area contributed by atoms with Crippen molar-refractivity contribution in [3.63, 3.8) is 0 Å². The lowest BCUT2D eigenvalue weighted by Crippen LogP contribution is -1.96. The highest BCUT2D eigenvalue weighted by molar-refractivity contribution is 5.93. The molecule has 0 radical (unpaired) electrons. The van der Waals surface area contributed by atoms with Crippen LogP contribution in [0.2, 0.25) is 0 Å². The number of rotatable bonds is 7. The van der Waals surface area contributed by atoms with Crippen LogP contribution in [0.4, 0.5) is 0 Å². The predicted octanol–water partition coefficient (Wildman–Crippen LogP) is 3.66. The van der Waals surface area contributed by atoms with E-state index < -0.39 is 0 Å². The van der Waals surface area contributed by atoms with Crippen molar-refractivity contribution in [2.45, 2.75) is 46.0 Å². The molecule has 1 nitrogen and oxygen atoms in total. The number of hydrogen-bond acceptors (Lipinski definition) is 1. The molecule has 0 N–H and O–H groups in total. The molecule has 0 fully saturated rings. The maximum Gasteiger partial charge on any atom is 0.155 e. The number of carbonyl (C=O) groups is 1. The molecule has 0 aliphatic rings. The van der Waals surface area contributed by atoms with E-state index in [0.717, 1.165) is 37.7 Å². The van der Waals surface area contributed by atoms with Crippen molar-refractivity contribution in [2.75, 3.05) is 0 Å². The van der Waals surface area contributed by atoms with Gasteiger partial charge in [-0.1, -0.05) is 25.5 Å². The van der Waals surface area contributed by atoms with Crippen LogP contribution in [0.3, 0.4) is 0 Å². The van der Waals surface area contributed by atoms with Crippen molar-refractivity contribution in [2.24, 2.45) is 0 Å². The van der Waals surface area contributed by atoms with Crippen molar-refractivity contribution >= 4 is 5.78 Å². The van der Waals surface area contributed by atoms with Crippen molar-refractivity contribution in [3.05, 3.63) is 24.3 Å². The largest absolute Gasteiger partial charge is 0.295 e. The molecule has 13 heavy (non-hydrogen) atoms. The van der Waals surface area contributed by atoms with Crippen molar-refractivity contribution in [1.29, 1.82) is 0 Å². The molecule has 0 heterocycles. The normalized spacial score (nSPS) is 11.4. The van der Waals surface area contributed by atoms with Crippen LogP contribution in [-0.4, -0.2) is 5.78 Å². The summed E-state index contributed by atoms with van der Waals surface area (Å²) in [6.07, 6.45) is 9.04. The molecule has 0 aliphatic carbocycles. The average Bonchev–Trinajstić information content (AvgIpc) is 2.10. The molecule has 0 aromatic heterocycles. The molecule has 0 spiro atoms. The molecule has 0 atom stereocenters. The number of ketones is 1. The van der Waals surface area contributed by atoms with Crippen molar-refractivity contribution in [3.8, 4) is 0 Å². The fourth-order valence-corrected chi connectivity index (χ4v) is 1.16. The topological polar surface area (TPSA) is 17.1 Å². The van der Waals surface area contributed by atoms with Crippen molar-refractivity contribution in [1.82, 2.24) is 0 Å². The summed E-state index contributed by atoms with van der Waals surface area (Å²) >= 11 is 0. The van der Waals surface area contributed by atoms with Gasteiger partial charge < -0.3 is 0 Å². The van der Waals surface area contributed by atoms with Gasteiger partial charge in [0.25, 0.3) is 0 Å². The Kier molecular flexibility index (Phi) is 7.27. The van der Waals surface area contributed by atoms with Gasteiger partial charge in [-0.25, -0.2) is 0 Å². The summed E-state index contributed by atoms with van der Waals surface area (Å²) in [5.74, 6) is 0.220. The number of unbranched alkanes of at least 4 members (excludes halogenated alkanes) is 2. The van der Waals surface area contributed by atoms with Crippen LogP contribution in [0, 0.1) is 0 Å². The predicted molar refractivity (Wildman–Crippen MR) is 57.7 cm³/mol. The molecule has 0 amide bonds. The van der Waals surface area contributed by atoms with Crippen LogP contribution in [0.5, 0.6) is 0 Å². The molecule has 1 heteroatoms. The second-order valence-electron chi connectivity index (χ2n) is 3.26. The highest BCUT2D eigenvalue weighted by atomic mass is 16.1. The first-order chi connectivity index (χ1) is 6.22. The van der Waals surface area contributed by atoms with Gasteiger partial charge >= 0.3 is 0 Å². The fourth-order valence-electron chi connectivity index (χ4n) is 1.16. The zero-order chi connectivity index (χ0) is 10.1. The summed E-state index contributed by atoms with van der Waals surface area (Å²) in [6.45, 7) is 7.44. The highest BCUT2D eigenvalue weighted by Gasteiger charge is 2.01. The Morgan fingerprint density at radius 2 is 2.08 bits per heavy atom. The molecule has 0 saturated carbocycles. The van der Waals surface area contributed by atoms with Crippen LogP contribution < -0.4 is 0 Å². The van der Waals surface area contributed by atoms with Gasteiger partial charge in [0.2, 0.25) is 0 Å². The van der Waals surface area contributed by atoms with E-state index in [9.17, 15) is 4.79 Å². The molecule has 0 unspecified atom stereocenters. The SMILES string of the molecule is C=CCCC=C(CCCC)C(C)=O. The Morgan fingerprint density at radius 3 is 2.54 bits per heavy atom. The quantitative estimate of drug-likeness (QED) is 0.332. The summed E-state index contributed by atoms with van der Waals surface area (Å²) in [5, 5.41) is 0. The first-order valence-corrected chi connectivity index (χ1v) is 5.03. The molecule has 0 aliphatic heterocycles. The van der Waals surface area contributed by atoms with Crippen LogP contribution in [0.25, 0.3) is 0 Å². The van der Waals surface area contributed by atoms with E-state index in [2.05, 4.69) is 19.6 Å². The molecule has 0 bridgehead atoms. The van der Waals surface area contributed by atoms with Gasteiger partial charge in [0, 0.05) is 0 Å². The number of hydrogen-bond donors (Lipinski definition) is 0. The molecule has 74 valence electrons. The average molecular weight is 180 g/mol. The van der Waals surface area contributed by atoms with E-state index in [-0.39, 0.29) is 5.78 Å². The van der Waals surface area contributed by atoms with Crippen LogP contribution in [0.1, 0.15) is 46.0 Å². The zero-order valence-corrected chi connectivity index (χ0v) is 8.81. The highest BCUT2D eigenvalue weighted by Crippen LogP contribution is 2.10. The Balaban J connectivity index is 3.98. The van der Waals surface area contributed by atoms with E-state index in [1.54, 1.807) is 6.92 Å². The number of carbonyl (C=O) groups excluding carboxylic acids is 1. The van der Waals surface area contributed by atoms with E-state index in [1.165, 1.54) is 0 Å². The fraction of sp³-hybridized carbons (Fsp3) is 0.583. The molecule has 0 aromatic carbocycles. The Bertz CT molecular complexity index is 189. The summed E-state index contributed by atoms with van der Waals surface area (Å²) in [7, 11) is 0. The van der Waals surface area contributed by atoms with Gasteiger partial charge in [-0.3, -0.25) is 4.79 Å². The number of allylic oxidation sites excluding steroid dienone is 3. The van der Waals surface area contributed by atoms with Gasteiger partial charge in [0.1, 0.15) is 0 Å². The third-order valence-corrected chi connectivity index (χ3v) is 2.01. The van der Waals surface area contributed by atoms with Crippen LogP contribution in [-0.2, 0) is 4.79 Å². The second-order valence-corrected chi connectivity index (χ2v) is 3.26. The Hall–Kier alpha value is -0.850. The summed E-state index contributed by atoms with van der Waals surface area (Å²) in [4.78, 5) is 11.1. The molecular formula is C12H20O. The molecule has 0 aromatic rings. The van der Waals surface area contributed by atoms with Gasteiger partial charge in [0.05, 0.1) is 0 Å². The van der Waals surface area contributed by atoms with E-state index >= 15 is 0 Å². The van der Waals surface area contributed by atoms with Gasteiger partial charge in [-0.2, -0.15) is 0 Å². The molecule has 0 saturated heterocycles. The molecule has 0 rings (SSSR count). The minimum Gasteiger partial charge on any atom is -0.295 e. The second kappa shape index (κ2) is 7.78. The number of Topliss-reactive ketones (excluding diaryl/α,β-unsaturated/α-hetero) is 1. The lowest BCUT2D eigenvalue weighted by Gasteiger charge is -2.01. The summed E-state index contributed by atoms with van der Waals surface area (Å²) < 4.78 is 0. The van der Waals surface area contributed by atoms with Crippen molar-refractivity contribution < 1.29 is 4.79 Å². The lowest BCUT2D eigenvalue weighted by atomic mass is 10.0. The first-order valence-electron chi connectivity index (χ1n) is 5.03. The third kappa shape index (κ3) is 6.32. The van der Waals surface area contributed by atoms with E-state index in [4.69, 9.17) is 0 Å². The molecular weight excluding hydrogens is 160 g/mol. The Labute approximate surface area is 81.5 Å². The third-order valence-electron chi connectivity index (χ3n) is 2.01. The smallest absolute Gasteiger partial charge is 0.155 e. The van der Waals surface area contributed by atoms with Crippen LogP contribution in [0.15, 0.2) is 24.3 Å². The standard InChI is InChI=1S/C12H20O/c1-4-6-8-10-12(11(3)13)9-7-5-2/h4,10H,1,5-9H2,2-3H3.